The van der Waals surface area contributed by atoms with Crippen LogP contribution in [0.4, 0.5) is 0 Å². The average molecular weight is 418 g/mol. The topological polar surface area (TPSA) is 93.2 Å². The van der Waals surface area contributed by atoms with Crippen LogP contribution in [-0.4, -0.2) is 34.9 Å². The number of hydrogen-bond acceptors (Lipinski definition) is 5. The van der Waals surface area contributed by atoms with E-state index in [1.54, 1.807) is 24.5 Å². The van der Waals surface area contributed by atoms with Gasteiger partial charge in [-0.25, -0.2) is 9.97 Å². The van der Waals surface area contributed by atoms with Crippen molar-refractivity contribution in [2.45, 2.75) is 20.4 Å². The monoisotopic (exact) mass is 418 g/mol. The maximum absolute atomic E-state index is 12.3. The van der Waals surface area contributed by atoms with Crippen molar-refractivity contribution in [1.82, 2.24) is 20.6 Å². The van der Waals surface area contributed by atoms with Crippen molar-refractivity contribution in [1.29, 1.82) is 0 Å². The molecule has 0 atom stereocenters. The number of amides is 2. The average Bonchev–Trinajstić information content (AvgIpc) is 2.81. The van der Waals surface area contributed by atoms with Crippen LogP contribution < -0.4 is 15.4 Å². The maximum Gasteiger partial charge on any atom is 0.316 e. The molecule has 160 valence electrons. The summed E-state index contributed by atoms with van der Waals surface area (Å²) in [5.41, 5.74) is 3.43. The van der Waals surface area contributed by atoms with Gasteiger partial charge in [0.05, 0.1) is 6.54 Å². The molecule has 2 N–H and O–H groups in total. The molecule has 0 aliphatic rings. The van der Waals surface area contributed by atoms with Crippen LogP contribution in [0.25, 0.3) is 11.1 Å². The summed E-state index contributed by atoms with van der Waals surface area (Å²) in [6, 6.07) is 17.2. The molecule has 0 spiro atoms. The van der Waals surface area contributed by atoms with Gasteiger partial charge in [-0.15, -0.1) is 0 Å². The van der Waals surface area contributed by atoms with Gasteiger partial charge in [-0.2, -0.15) is 0 Å². The number of rotatable bonds is 9. The molecule has 0 aliphatic heterocycles. The molecule has 3 rings (SSSR count). The number of benzene rings is 2. The summed E-state index contributed by atoms with van der Waals surface area (Å²) >= 11 is 0. The molecule has 0 bridgehead atoms. The van der Waals surface area contributed by atoms with Gasteiger partial charge in [-0.05, 0) is 23.3 Å². The SMILES string of the molecule is CC(C)C(=O)NCc1ccc(C(=O)NCCOc2ncc(-c3ccccc3)cn2)cc1. The Balaban J connectivity index is 1.40. The molecule has 2 amide bonds. The third-order valence-corrected chi connectivity index (χ3v) is 4.56. The largest absolute Gasteiger partial charge is 0.462 e. The van der Waals surface area contributed by atoms with Crippen LogP contribution in [0.1, 0.15) is 29.8 Å². The Kier molecular flexibility index (Phi) is 7.70. The normalized spacial score (nSPS) is 10.5. The van der Waals surface area contributed by atoms with Gasteiger partial charge in [0.25, 0.3) is 5.91 Å². The minimum absolute atomic E-state index is 0.000467. The number of hydrogen-bond donors (Lipinski definition) is 2. The zero-order chi connectivity index (χ0) is 22.1. The lowest BCUT2D eigenvalue weighted by molar-refractivity contribution is -0.124. The van der Waals surface area contributed by atoms with Gasteiger partial charge >= 0.3 is 6.01 Å². The van der Waals surface area contributed by atoms with E-state index in [-0.39, 0.29) is 30.3 Å². The van der Waals surface area contributed by atoms with E-state index in [0.717, 1.165) is 16.7 Å². The molecule has 2 aromatic carbocycles. The summed E-state index contributed by atoms with van der Waals surface area (Å²) in [7, 11) is 0. The summed E-state index contributed by atoms with van der Waals surface area (Å²) in [5, 5.41) is 5.65. The van der Waals surface area contributed by atoms with Gasteiger partial charge in [0.1, 0.15) is 6.61 Å². The van der Waals surface area contributed by atoms with Crippen molar-refractivity contribution in [2.24, 2.45) is 5.92 Å². The Morgan fingerprint density at radius 2 is 1.58 bits per heavy atom. The van der Waals surface area contributed by atoms with Crippen LogP contribution in [-0.2, 0) is 11.3 Å². The molecule has 0 saturated heterocycles. The van der Waals surface area contributed by atoms with Crippen molar-refractivity contribution in [3.05, 3.63) is 78.1 Å². The van der Waals surface area contributed by atoms with Crippen LogP contribution in [0.5, 0.6) is 6.01 Å². The molecule has 7 heteroatoms. The van der Waals surface area contributed by atoms with Crippen LogP contribution in [0.15, 0.2) is 67.0 Å². The molecular weight excluding hydrogens is 392 g/mol. The first kappa shape index (κ1) is 22.0. The summed E-state index contributed by atoms with van der Waals surface area (Å²) in [5.74, 6) is -0.248. The molecule has 0 saturated carbocycles. The smallest absolute Gasteiger partial charge is 0.316 e. The highest BCUT2D eigenvalue weighted by atomic mass is 16.5. The lowest BCUT2D eigenvalue weighted by Crippen LogP contribution is -2.28. The molecule has 1 heterocycles. The zero-order valence-electron chi connectivity index (χ0n) is 17.7. The van der Waals surface area contributed by atoms with E-state index in [1.165, 1.54) is 0 Å². The van der Waals surface area contributed by atoms with Crippen LogP contribution in [0.2, 0.25) is 0 Å². The summed E-state index contributed by atoms with van der Waals surface area (Å²) in [6.07, 6.45) is 3.42. The quantitative estimate of drug-likeness (QED) is 0.521. The minimum Gasteiger partial charge on any atom is -0.462 e. The third kappa shape index (κ3) is 6.64. The van der Waals surface area contributed by atoms with E-state index in [0.29, 0.717) is 18.7 Å². The lowest BCUT2D eigenvalue weighted by atomic mass is 10.1. The Bertz CT molecular complexity index is 988. The van der Waals surface area contributed by atoms with Gasteiger partial charge in [-0.3, -0.25) is 9.59 Å². The number of ether oxygens (including phenoxy) is 1. The molecule has 7 nitrogen and oxygen atoms in total. The van der Waals surface area contributed by atoms with Crippen LogP contribution in [0, 0.1) is 5.92 Å². The first-order valence-corrected chi connectivity index (χ1v) is 10.2. The number of nitrogens with zero attached hydrogens (tertiary/aromatic N) is 2. The van der Waals surface area contributed by atoms with Gasteiger partial charge < -0.3 is 15.4 Å². The van der Waals surface area contributed by atoms with Crippen LogP contribution >= 0.6 is 0 Å². The first-order chi connectivity index (χ1) is 15.0. The summed E-state index contributed by atoms with van der Waals surface area (Å²) in [6.45, 7) is 4.72. The predicted octanol–water partition coefficient (Wildman–Crippen LogP) is 3.22. The van der Waals surface area contributed by atoms with Gasteiger partial charge in [0.15, 0.2) is 0 Å². The van der Waals surface area contributed by atoms with E-state index >= 15 is 0 Å². The Morgan fingerprint density at radius 1 is 0.903 bits per heavy atom. The fourth-order valence-electron chi connectivity index (χ4n) is 2.75. The van der Waals surface area contributed by atoms with E-state index in [4.69, 9.17) is 4.74 Å². The Morgan fingerprint density at radius 3 is 2.23 bits per heavy atom. The molecule has 3 aromatic rings. The fourth-order valence-corrected chi connectivity index (χ4v) is 2.75. The number of carbonyl (C=O) groups is 2. The van der Waals surface area contributed by atoms with Crippen molar-refractivity contribution in [3.63, 3.8) is 0 Å². The summed E-state index contributed by atoms with van der Waals surface area (Å²) in [4.78, 5) is 32.3. The Labute approximate surface area is 181 Å². The van der Waals surface area contributed by atoms with Gasteiger partial charge in [0.2, 0.25) is 5.91 Å². The first-order valence-electron chi connectivity index (χ1n) is 10.2. The van der Waals surface area contributed by atoms with Crippen molar-refractivity contribution in [3.8, 4) is 17.1 Å². The highest BCUT2D eigenvalue weighted by Gasteiger charge is 2.08. The van der Waals surface area contributed by atoms with Crippen molar-refractivity contribution >= 4 is 11.8 Å². The Hall–Kier alpha value is -3.74. The van der Waals surface area contributed by atoms with Gasteiger partial charge in [0, 0.05) is 36.0 Å². The summed E-state index contributed by atoms with van der Waals surface area (Å²) < 4.78 is 5.50. The highest BCUT2D eigenvalue weighted by molar-refractivity contribution is 5.94. The zero-order valence-corrected chi connectivity index (χ0v) is 17.7. The highest BCUT2D eigenvalue weighted by Crippen LogP contribution is 2.17. The predicted molar refractivity (Wildman–Crippen MR) is 118 cm³/mol. The second kappa shape index (κ2) is 10.9. The second-order valence-corrected chi connectivity index (χ2v) is 7.29. The fraction of sp³-hybridized carbons (Fsp3) is 0.250. The molecule has 31 heavy (non-hydrogen) atoms. The lowest BCUT2D eigenvalue weighted by Gasteiger charge is -2.09. The molecule has 0 fully saturated rings. The van der Waals surface area contributed by atoms with E-state index in [9.17, 15) is 9.59 Å². The van der Waals surface area contributed by atoms with Crippen molar-refractivity contribution < 1.29 is 14.3 Å². The molecule has 0 aliphatic carbocycles. The van der Waals surface area contributed by atoms with Gasteiger partial charge in [-0.1, -0.05) is 56.3 Å². The molecule has 0 unspecified atom stereocenters. The molecule has 0 radical (unpaired) electrons. The second-order valence-electron chi connectivity index (χ2n) is 7.29. The molecule has 1 aromatic heterocycles. The number of carbonyl (C=O) groups excluding carboxylic acids is 2. The van der Waals surface area contributed by atoms with E-state index in [2.05, 4.69) is 20.6 Å². The van der Waals surface area contributed by atoms with E-state index < -0.39 is 0 Å². The number of aromatic nitrogens is 2. The number of nitrogens with one attached hydrogen (secondary N) is 2. The molecular formula is C24H26N4O3. The van der Waals surface area contributed by atoms with Crippen molar-refractivity contribution in [2.75, 3.05) is 13.2 Å². The van der Waals surface area contributed by atoms with E-state index in [1.807, 2.05) is 56.3 Å². The van der Waals surface area contributed by atoms with Crippen LogP contribution in [0.3, 0.4) is 0 Å². The third-order valence-electron chi connectivity index (χ3n) is 4.56. The minimum atomic E-state index is -0.193. The standard InChI is InChI=1S/C24H26N4O3/c1-17(2)22(29)26-14-18-8-10-20(11-9-18)23(30)25-12-13-31-24-27-15-21(16-28-24)19-6-4-3-5-7-19/h3-11,15-17H,12-14H2,1-2H3,(H,25,30)(H,26,29). The maximum atomic E-state index is 12.3.